The number of hydrogen-bond donors (Lipinski definition) is 5. The molecule has 3 aromatic heterocycles. The fraction of sp³-hybridized carbons (Fsp3) is 0.231. The number of imidazole rings is 1. The molecule has 5 rings (SSSR count). The Balaban J connectivity index is 1.60. The smallest absolute Gasteiger partial charge is 0.268 e. The summed E-state index contributed by atoms with van der Waals surface area (Å²) in [5.74, 6) is 0.617. The Labute approximate surface area is 217 Å². The first-order valence-electron chi connectivity index (χ1n) is 12.3. The van der Waals surface area contributed by atoms with E-state index in [1.54, 1.807) is 16.4 Å². The van der Waals surface area contributed by atoms with Crippen molar-refractivity contribution in [3.63, 3.8) is 0 Å². The zero-order valence-electron chi connectivity index (χ0n) is 20.7. The number of rotatable bonds is 10. The van der Waals surface area contributed by atoms with Crippen molar-refractivity contribution >= 4 is 39.5 Å². The molecule has 0 fully saturated rings. The van der Waals surface area contributed by atoms with E-state index >= 15 is 0 Å². The Morgan fingerprint density at radius 3 is 2.74 bits per heavy atom. The molecule has 1 amide bonds. The molecule has 5 aromatic rings. The zero-order valence-corrected chi connectivity index (χ0v) is 20.7. The second-order valence-corrected chi connectivity index (χ2v) is 8.64. The van der Waals surface area contributed by atoms with Crippen LogP contribution in [0.1, 0.15) is 38.1 Å². The van der Waals surface area contributed by atoms with Crippen LogP contribution >= 0.6 is 0 Å². The Bertz CT molecular complexity index is 1630. The molecule has 0 bridgehead atoms. The Morgan fingerprint density at radius 2 is 1.95 bits per heavy atom. The fourth-order valence-corrected chi connectivity index (χ4v) is 4.37. The third kappa shape index (κ3) is 4.89. The number of aromatic amines is 1. The van der Waals surface area contributed by atoms with Gasteiger partial charge in [0.15, 0.2) is 11.5 Å². The van der Waals surface area contributed by atoms with Crippen molar-refractivity contribution in [3.8, 4) is 5.69 Å². The van der Waals surface area contributed by atoms with Crippen LogP contribution in [-0.4, -0.2) is 47.1 Å². The molecule has 12 heteroatoms. The molecular formula is C26H27N9O3. The molecule has 0 spiro atoms. The van der Waals surface area contributed by atoms with Gasteiger partial charge in [0.1, 0.15) is 17.7 Å². The van der Waals surface area contributed by atoms with Crippen LogP contribution in [0.3, 0.4) is 0 Å². The number of para-hydroxylation sites is 1. The summed E-state index contributed by atoms with van der Waals surface area (Å²) in [6.45, 7) is 2.44. The van der Waals surface area contributed by atoms with Gasteiger partial charge in [-0.1, -0.05) is 31.2 Å². The van der Waals surface area contributed by atoms with E-state index in [9.17, 15) is 9.59 Å². The van der Waals surface area contributed by atoms with Crippen molar-refractivity contribution in [1.82, 2.24) is 35.0 Å². The van der Waals surface area contributed by atoms with Crippen molar-refractivity contribution in [2.24, 2.45) is 0 Å². The zero-order chi connectivity index (χ0) is 26.5. The lowest BCUT2D eigenvalue weighted by molar-refractivity contribution is -0.129. The number of anilines is 2. The number of carbonyl (C=O) groups excluding carboxylic acids is 1. The number of nitrogens with one attached hydrogen (secondary N) is 4. The SMILES string of the molecule is CC[C@H](Nc1ncnc2[nH]cnc12)c1nc2cccc(NCCCC(=O)NO)c2c(=O)n1-c1ccccc1. The summed E-state index contributed by atoms with van der Waals surface area (Å²) in [7, 11) is 0. The van der Waals surface area contributed by atoms with E-state index < -0.39 is 5.91 Å². The Kier molecular flexibility index (Phi) is 7.22. The van der Waals surface area contributed by atoms with Crippen LogP contribution in [0.25, 0.3) is 27.8 Å². The average Bonchev–Trinajstić information content (AvgIpc) is 3.44. The van der Waals surface area contributed by atoms with Gasteiger partial charge < -0.3 is 15.6 Å². The maximum absolute atomic E-state index is 14.1. The number of H-pyrrole nitrogens is 1. The molecule has 38 heavy (non-hydrogen) atoms. The first kappa shape index (κ1) is 24.8. The van der Waals surface area contributed by atoms with E-state index in [2.05, 4.69) is 30.6 Å². The van der Waals surface area contributed by atoms with Crippen LogP contribution in [0.4, 0.5) is 11.5 Å². The Hall–Kier alpha value is -4.84. The summed E-state index contributed by atoms with van der Waals surface area (Å²) in [6.07, 6.45) is 4.26. The summed E-state index contributed by atoms with van der Waals surface area (Å²) in [5, 5.41) is 15.8. The van der Waals surface area contributed by atoms with Crippen LogP contribution in [0.15, 0.2) is 66.0 Å². The highest BCUT2D eigenvalue weighted by Crippen LogP contribution is 2.27. The quantitative estimate of drug-likeness (QED) is 0.107. The molecule has 194 valence electrons. The maximum atomic E-state index is 14.1. The normalized spacial score (nSPS) is 11.9. The van der Waals surface area contributed by atoms with Gasteiger partial charge >= 0.3 is 0 Å². The van der Waals surface area contributed by atoms with E-state index in [4.69, 9.17) is 10.2 Å². The summed E-state index contributed by atoms with van der Waals surface area (Å²) < 4.78 is 1.62. The van der Waals surface area contributed by atoms with E-state index in [0.717, 1.165) is 0 Å². The maximum Gasteiger partial charge on any atom is 0.268 e. The van der Waals surface area contributed by atoms with Crippen molar-refractivity contribution in [3.05, 3.63) is 77.4 Å². The molecule has 1 atom stereocenters. The third-order valence-electron chi connectivity index (χ3n) is 6.21. The predicted octanol–water partition coefficient (Wildman–Crippen LogP) is 3.31. The number of nitrogens with zero attached hydrogens (tertiary/aromatic N) is 5. The molecule has 0 aliphatic rings. The number of carbonyl (C=O) groups is 1. The molecule has 2 aromatic carbocycles. The molecule has 3 heterocycles. The first-order chi connectivity index (χ1) is 18.6. The molecule has 0 unspecified atom stereocenters. The topological polar surface area (TPSA) is 163 Å². The molecule has 0 saturated carbocycles. The van der Waals surface area contributed by atoms with Crippen molar-refractivity contribution in [2.75, 3.05) is 17.2 Å². The van der Waals surface area contributed by atoms with Crippen LogP contribution in [0, 0.1) is 0 Å². The summed E-state index contributed by atoms with van der Waals surface area (Å²) in [5.41, 5.74) is 4.46. The number of aromatic nitrogens is 6. The number of amides is 1. The van der Waals surface area contributed by atoms with Crippen LogP contribution in [0.2, 0.25) is 0 Å². The van der Waals surface area contributed by atoms with E-state index in [1.807, 2.05) is 55.5 Å². The molecule has 0 radical (unpaired) electrons. The van der Waals surface area contributed by atoms with Gasteiger partial charge in [-0.25, -0.2) is 25.4 Å². The molecule has 0 aliphatic carbocycles. The number of fused-ring (bicyclic) bond motifs is 2. The molecule has 0 saturated heterocycles. The summed E-state index contributed by atoms with van der Waals surface area (Å²) in [6, 6.07) is 14.5. The van der Waals surface area contributed by atoms with Gasteiger partial charge in [-0.3, -0.25) is 19.4 Å². The Morgan fingerprint density at radius 1 is 1.11 bits per heavy atom. The largest absolute Gasteiger partial charge is 0.384 e. The van der Waals surface area contributed by atoms with Crippen LogP contribution in [0.5, 0.6) is 0 Å². The first-order valence-corrected chi connectivity index (χ1v) is 12.3. The summed E-state index contributed by atoms with van der Waals surface area (Å²) in [4.78, 5) is 46.3. The fourth-order valence-electron chi connectivity index (χ4n) is 4.37. The standard InChI is InChI=1S/C26H27N9O3/c1-2-17(32-24-22-23(29-14-28-22)30-15-31-24)25-33-19-11-6-10-18(27-13-7-12-20(36)34-38)21(19)26(37)35(25)16-8-4-3-5-9-16/h3-6,8-11,14-15,17,27,38H,2,7,12-13H2,1H3,(H,34,36)(H2,28,29,30,31,32)/t17-/m0/s1. The number of benzene rings is 2. The average molecular weight is 514 g/mol. The van der Waals surface area contributed by atoms with Crippen LogP contribution in [-0.2, 0) is 4.79 Å². The molecule has 12 nitrogen and oxygen atoms in total. The van der Waals surface area contributed by atoms with Crippen LogP contribution < -0.4 is 21.7 Å². The highest BCUT2D eigenvalue weighted by molar-refractivity contribution is 5.91. The van der Waals surface area contributed by atoms with E-state index in [-0.39, 0.29) is 18.0 Å². The van der Waals surface area contributed by atoms with E-state index in [0.29, 0.717) is 64.5 Å². The number of hydrogen-bond acceptors (Lipinski definition) is 9. The van der Waals surface area contributed by atoms with Crippen molar-refractivity contribution in [1.29, 1.82) is 0 Å². The highest BCUT2D eigenvalue weighted by Gasteiger charge is 2.23. The van der Waals surface area contributed by atoms with E-state index in [1.165, 1.54) is 6.33 Å². The lowest BCUT2D eigenvalue weighted by Gasteiger charge is -2.22. The van der Waals surface area contributed by atoms with Gasteiger partial charge in [0, 0.05) is 18.7 Å². The second-order valence-electron chi connectivity index (χ2n) is 8.64. The van der Waals surface area contributed by atoms with Gasteiger partial charge in [-0.2, -0.15) is 0 Å². The highest BCUT2D eigenvalue weighted by atomic mass is 16.5. The molecule has 5 N–H and O–H groups in total. The van der Waals surface area contributed by atoms with Gasteiger partial charge in [-0.15, -0.1) is 0 Å². The number of hydroxylamine groups is 1. The summed E-state index contributed by atoms with van der Waals surface area (Å²) >= 11 is 0. The lowest BCUT2D eigenvalue weighted by atomic mass is 10.1. The van der Waals surface area contributed by atoms with Gasteiger partial charge in [0.25, 0.3) is 5.56 Å². The minimum absolute atomic E-state index is 0.154. The minimum atomic E-state index is -0.462. The van der Waals surface area contributed by atoms with Gasteiger partial charge in [0.2, 0.25) is 5.91 Å². The van der Waals surface area contributed by atoms with Gasteiger partial charge in [0.05, 0.1) is 29.0 Å². The molecule has 0 aliphatic heterocycles. The monoisotopic (exact) mass is 513 g/mol. The van der Waals surface area contributed by atoms with Crippen molar-refractivity contribution in [2.45, 2.75) is 32.2 Å². The minimum Gasteiger partial charge on any atom is -0.384 e. The lowest BCUT2D eigenvalue weighted by Crippen LogP contribution is -2.29. The van der Waals surface area contributed by atoms with Gasteiger partial charge in [-0.05, 0) is 37.1 Å². The predicted molar refractivity (Wildman–Crippen MR) is 143 cm³/mol. The second kappa shape index (κ2) is 11.0. The molecular weight excluding hydrogens is 486 g/mol. The van der Waals surface area contributed by atoms with Crippen molar-refractivity contribution < 1.29 is 10.0 Å². The third-order valence-corrected chi connectivity index (χ3v) is 6.21.